The highest BCUT2D eigenvalue weighted by atomic mass is 16.2. The fourth-order valence-electron chi connectivity index (χ4n) is 1.85. The van der Waals surface area contributed by atoms with Crippen molar-refractivity contribution in [2.45, 2.75) is 6.54 Å². The Morgan fingerprint density at radius 1 is 1.23 bits per heavy atom. The summed E-state index contributed by atoms with van der Waals surface area (Å²) in [4.78, 5) is 19.7. The molecule has 2 N–H and O–H groups in total. The minimum atomic E-state index is -0.426. The van der Waals surface area contributed by atoms with Crippen LogP contribution in [0, 0.1) is 0 Å². The highest BCUT2D eigenvalue weighted by molar-refractivity contribution is 5.97. The van der Waals surface area contributed by atoms with Crippen molar-refractivity contribution in [2.24, 2.45) is 7.05 Å². The number of pyridine rings is 1. The van der Waals surface area contributed by atoms with E-state index in [1.165, 1.54) is 11.0 Å². The number of aryl methyl sites for hydroxylation is 1. The lowest BCUT2D eigenvalue weighted by Gasteiger charge is -2.04. The Hall–Kier alpha value is -3.23. The van der Waals surface area contributed by atoms with Gasteiger partial charge in [0, 0.05) is 31.7 Å². The predicted octanol–water partition coefficient (Wildman–Crippen LogP) is 1.10. The number of carbonyl (C=O) groups excluding carboxylic acids is 1. The van der Waals surface area contributed by atoms with E-state index in [0.29, 0.717) is 18.3 Å². The van der Waals surface area contributed by atoms with Gasteiger partial charge in [0.2, 0.25) is 5.95 Å². The molecule has 112 valence electrons. The summed E-state index contributed by atoms with van der Waals surface area (Å²) in [5.74, 6) is 0.808. The second-order valence-electron chi connectivity index (χ2n) is 4.54. The molecule has 0 spiro atoms. The summed E-state index contributed by atoms with van der Waals surface area (Å²) in [6.45, 7) is 0.606. The van der Waals surface area contributed by atoms with Gasteiger partial charge >= 0.3 is 6.03 Å². The van der Waals surface area contributed by atoms with Crippen LogP contribution in [-0.4, -0.2) is 35.6 Å². The average molecular weight is 298 g/mol. The zero-order chi connectivity index (χ0) is 15.4. The number of anilines is 2. The Morgan fingerprint density at radius 2 is 2.05 bits per heavy atom. The predicted molar refractivity (Wildman–Crippen MR) is 79.2 cm³/mol. The number of nitrogens with one attached hydrogen (secondary N) is 2. The van der Waals surface area contributed by atoms with Crippen molar-refractivity contribution in [3.05, 3.63) is 48.7 Å². The summed E-state index contributed by atoms with van der Waals surface area (Å²) in [5, 5.41) is 13.4. The monoisotopic (exact) mass is 298 g/mol. The van der Waals surface area contributed by atoms with E-state index in [9.17, 15) is 4.79 Å². The average Bonchev–Trinajstić information content (AvgIpc) is 3.10. The van der Waals surface area contributed by atoms with E-state index in [1.807, 2.05) is 12.1 Å². The first-order valence-corrected chi connectivity index (χ1v) is 6.55. The summed E-state index contributed by atoms with van der Waals surface area (Å²) in [6, 6.07) is 5.12. The molecule has 2 amide bonds. The third kappa shape index (κ3) is 3.26. The van der Waals surface area contributed by atoms with E-state index in [4.69, 9.17) is 0 Å². The quantitative estimate of drug-likeness (QED) is 0.751. The van der Waals surface area contributed by atoms with Gasteiger partial charge in [-0.1, -0.05) is 0 Å². The van der Waals surface area contributed by atoms with Gasteiger partial charge in [0.05, 0.1) is 6.54 Å². The number of hydrogen-bond donors (Lipinski definition) is 2. The first-order valence-electron chi connectivity index (χ1n) is 6.55. The Bertz CT molecular complexity index is 763. The Labute approximate surface area is 126 Å². The minimum Gasteiger partial charge on any atom is -0.291 e. The van der Waals surface area contributed by atoms with Crippen LogP contribution >= 0.6 is 0 Å². The molecular weight excluding hydrogens is 284 g/mol. The van der Waals surface area contributed by atoms with E-state index in [1.54, 1.807) is 36.4 Å². The fourth-order valence-corrected chi connectivity index (χ4v) is 1.85. The molecule has 3 aromatic rings. The highest BCUT2D eigenvalue weighted by Crippen LogP contribution is 2.07. The third-order valence-corrected chi connectivity index (χ3v) is 2.91. The minimum absolute atomic E-state index is 0.355. The van der Waals surface area contributed by atoms with Gasteiger partial charge in [-0.2, -0.15) is 15.2 Å². The molecule has 0 aromatic carbocycles. The molecule has 0 aliphatic heterocycles. The van der Waals surface area contributed by atoms with Crippen molar-refractivity contribution < 1.29 is 4.79 Å². The van der Waals surface area contributed by atoms with Crippen molar-refractivity contribution in [1.82, 2.24) is 29.5 Å². The summed E-state index contributed by atoms with van der Waals surface area (Å²) in [6.07, 6.45) is 6.61. The van der Waals surface area contributed by atoms with Crippen LogP contribution in [0.25, 0.3) is 0 Å². The van der Waals surface area contributed by atoms with Crippen LogP contribution in [0.15, 0.2) is 43.1 Å². The lowest BCUT2D eigenvalue weighted by Crippen LogP contribution is -2.22. The van der Waals surface area contributed by atoms with Crippen molar-refractivity contribution >= 4 is 17.8 Å². The van der Waals surface area contributed by atoms with E-state index in [-0.39, 0.29) is 0 Å². The molecular formula is C13H14N8O. The van der Waals surface area contributed by atoms with Gasteiger partial charge < -0.3 is 0 Å². The number of amides is 2. The van der Waals surface area contributed by atoms with Gasteiger partial charge in [0.1, 0.15) is 6.33 Å². The summed E-state index contributed by atoms with van der Waals surface area (Å²) in [5.41, 5.74) is 1.08. The smallest absolute Gasteiger partial charge is 0.291 e. The normalized spacial score (nSPS) is 10.4. The molecule has 9 heteroatoms. The van der Waals surface area contributed by atoms with E-state index < -0.39 is 6.03 Å². The molecule has 0 unspecified atom stereocenters. The number of aromatic nitrogens is 6. The molecule has 0 saturated heterocycles. The second-order valence-corrected chi connectivity index (χ2v) is 4.54. The van der Waals surface area contributed by atoms with Crippen molar-refractivity contribution in [3.63, 3.8) is 0 Å². The maximum Gasteiger partial charge on any atom is 0.327 e. The molecule has 3 heterocycles. The van der Waals surface area contributed by atoms with Gasteiger partial charge in [-0.05, 0) is 17.7 Å². The number of rotatable bonds is 4. The largest absolute Gasteiger partial charge is 0.327 e. The second kappa shape index (κ2) is 6.04. The topological polar surface area (TPSA) is 103 Å². The molecule has 9 nitrogen and oxygen atoms in total. The molecule has 0 bridgehead atoms. The van der Waals surface area contributed by atoms with Crippen LogP contribution < -0.4 is 10.6 Å². The van der Waals surface area contributed by atoms with Gasteiger partial charge in [-0.25, -0.2) is 9.48 Å². The molecule has 0 atom stereocenters. The van der Waals surface area contributed by atoms with Crippen LogP contribution in [-0.2, 0) is 13.6 Å². The highest BCUT2D eigenvalue weighted by Gasteiger charge is 2.08. The zero-order valence-corrected chi connectivity index (χ0v) is 11.8. The first-order chi connectivity index (χ1) is 10.7. The maximum absolute atomic E-state index is 11.8. The van der Waals surface area contributed by atoms with Crippen LogP contribution in [0.4, 0.5) is 16.6 Å². The van der Waals surface area contributed by atoms with E-state index in [0.717, 1.165) is 5.56 Å². The summed E-state index contributed by atoms with van der Waals surface area (Å²) >= 11 is 0. The van der Waals surface area contributed by atoms with Crippen LogP contribution in [0.2, 0.25) is 0 Å². The molecule has 3 aromatic heterocycles. The van der Waals surface area contributed by atoms with Gasteiger partial charge in [0.25, 0.3) is 0 Å². The molecule has 22 heavy (non-hydrogen) atoms. The molecule has 0 radical (unpaired) electrons. The molecule has 0 saturated carbocycles. The van der Waals surface area contributed by atoms with Crippen LogP contribution in [0.1, 0.15) is 5.56 Å². The number of urea groups is 1. The van der Waals surface area contributed by atoms with E-state index in [2.05, 4.69) is 30.8 Å². The number of carbonyl (C=O) groups is 1. The number of hydrogen-bond acceptors (Lipinski definition) is 5. The van der Waals surface area contributed by atoms with Gasteiger partial charge in [-0.3, -0.25) is 20.3 Å². The SMILES string of the molecule is Cn1ncnc1NC(=O)Nc1ccn(Cc2ccncc2)n1. The van der Waals surface area contributed by atoms with Crippen molar-refractivity contribution in [3.8, 4) is 0 Å². The van der Waals surface area contributed by atoms with Crippen LogP contribution in [0.5, 0.6) is 0 Å². The molecule has 0 fully saturated rings. The Kier molecular flexibility index (Phi) is 3.77. The van der Waals surface area contributed by atoms with Crippen molar-refractivity contribution in [2.75, 3.05) is 10.6 Å². The summed E-state index contributed by atoms with van der Waals surface area (Å²) < 4.78 is 3.19. The first kappa shape index (κ1) is 13.7. The fraction of sp³-hybridized carbons (Fsp3) is 0.154. The lowest BCUT2D eigenvalue weighted by atomic mass is 10.3. The van der Waals surface area contributed by atoms with Crippen molar-refractivity contribution in [1.29, 1.82) is 0 Å². The molecule has 0 aliphatic carbocycles. The molecule has 0 aliphatic rings. The zero-order valence-electron chi connectivity index (χ0n) is 11.8. The number of nitrogens with zero attached hydrogens (tertiary/aromatic N) is 6. The third-order valence-electron chi connectivity index (χ3n) is 2.91. The van der Waals surface area contributed by atoms with Gasteiger partial charge in [0.15, 0.2) is 5.82 Å². The maximum atomic E-state index is 11.8. The molecule has 3 rings (SSSR count). The lowest BCUT2D eigenvalue weighted by molar-refractivity contribution is 0.262. The Morgan fingerprint density at radius 3 is 2.77 bits per heavy atom. The Balaban J connectivity index is 1.59. The summed E-state index contributed by atoms with van der Waals surface area (Å²) in [7, 11) is 1.69. The standard InChI is InChI=1S/C13H14N8O/c1-20-12(15-9-16-20)18-13(22)17-11-4-7-21(19-11)8-10-2-5-14-6-3-10/h2-7,9H,8H2,1H3,(H2,15,16,17,18,19,22). The van der Waals surface area contributed by atoms with Gasteiger partial charge in [-0.15, -0.1) is 0 Å². The van der Waals surface area contributed by atoms with Crippen LogP contribution in [0.3, 0.4) is 0 Å². The van der Waals surface area contributed by atoms with E-state index >= 15 is 0 Å².